The fourth-order valence-corrected chi connectivity index (χ4v) is 8.31. The zero-order chi connectivity index (χ0) is 36.7. The number of nitrogens with zero attached hydrogens (tertiary/aromatic N) is 5. The predicted octanol–water partition coefficient (Wildman–Crippen LogP) is 12.1. The van der Waals surface area contributed by atoms with Gasteiger partial charge in [0.05, 0.1) is 11.4 Å². The molecule has 260 valence electrons. The summed E-state index contributed by atoms with van der Waals surface area (Å²) in [6.45, 7) is 4.62. The maximum atomic E-state index is 6.33. The van der Waals surface area contributed by atoms with Gasteiger partial charge in [-0.3, -0.25) is 4.40 Å². The van der Waals surface area contributed by atoms with Crippen molar-refractivity contribution >= 4 is 27.6 Å². The summed E-state index contributed by atoms with van der Waals surface area (Å²) in [6.07, 6.45) is 2.09. The van der Waals surface area contributed by atoms with E-state index in [1.165, 1.54) is 22.3 Å². The van der Waals surface area contributed by atoms with Crippen LogP contribution in [0.1, 0.15) is 25.0 Å². The first-order valence-electron chi connectivity index (χ1n) is 18.6. The number of imidazole rings is 1. The van der Waals surface area contributed by atoms with E-state index in [0.29, 0.717) is 17.5 Å². The van der Waals surface area contributed by atoms with Crippen LogP contribution in [0.2, 0.25) is 0 Å². The highest BCUT2D eigenvalue weighted by molar-refractivity contribution is 6.06. The molecule has 11 rings (SSSR count). The molecule has 0 aliphatic heterocycles. The molecule has 1 aliphatic rings. The van der Waals surface area contributed by atoms with Crippen molar-refractivity contribution in [3.8, 4) is 67.8 Å². The van der Waals surface area contributed by atoms with Gasteiger partial charge in [-0.15, -0.1) is 0 Å². The lowest BCUT2D eigenvalue weighted by Gasteiger charge is -2.22. The Kier molecular flexibility index (Phi) is 6.79. The second kappa shape index (κ2) is 11.9. The van der Waals surface area contributed by atoms with Gasteiger partial charge < -0.3 is 4.42 Å². The van der Waals surface area contributed by atoms with Crippen molar-refractivity contribution in [2.24, 2.45) is 0 Å². The van der Waals surface area contributed by atoms with Crippen LogP contribution in [0.15, 0.2) is 168 Å². The third kappa shape index (κ3) is 4.95. The topological polar surface area (TPSA) is 69.1 Å². The molecule has 6 aromatic carbocycles. The Morgan fingerprint density at radius 1 is 0.455 bits per heavy atom. The molecule has 0 saturated carbocycles. The van der Waals surface area contributed by atoms with Gasteiger partial charge in [-0.2, -0.15) is 0 Å². The number of hydrogen-bond acceptors (Lipinski definition) is 5. The first kappa shape index (κ1) is 31.4. The number of pyridine rings is 1. The lowest BCUT2D eigenvalue weighted by Crippen LogP contribution is -2.15. The van der Waals surface area contributed by atoms with Crippen molar-refractivity contribution in [3.63, 3.8) is 0 Å². The third-order valence-electron chi connectivity index (χ3n) is 11.1. The molecule has 0 atom stereocenters. The zero-order valence-corrected chi connectivity index (χ0v) is 30.2. The Morgan fingerprint density at radius 3 is 1.73 bits per heavy atom. The van der Waals surface area contributed by atoms with Crippen molar-refractivity contribution < 1.29 is 4.42 Å². The Balaban J connectivity index is 1.02. The van der Waals surface area contributed by atoms with Gasteiger partial charge in [-0.05, 0) is 64.7 Å². The first-order chi connectivity index (χ1) is 27.0. The van der Waals surface area contributed by atoms with E-state index in [1.807, 2.05) is 78.9 Å². The summed E-state index contributed by atoms with van der Waals surface area (Å²) in [6, 6.07) is 54.6. The molecule has 0 saturated heterocycles. The molecule has 1 aliphatic carbocycles. The number of benzene rings is 6. The molecule has 6 nitrogen and oxygen atoms in total. The molecule has 10 aromatic rings. The standard InChI is InChI=1S/C49H33N5O/c1-49(2)39-27-32(44-45(54-26-12-11-19-43(54)50-44)33-21-25-38-37-17-9-10-18-41(37)55-42(38)29-33)20-23-35(39)36-24-22-34(28-40(36)49)48-52-46(30-13-5-3-6-14-30)51-47(53-48)31-15-7-4-8-16-31/h3-29H,1-2H3. The van der Waals surface area contributed by atoms with E-state index in [9.17, 15) is 0 Å². The normalized spacial score (nSPS) is 13.1. The maximum absolute atomic E-state index is 6.33. The number of para-hydroxylation sites is 1. The van der Waals surface area contributed by atoms with Crippen LogP contribution in [-0.2, 0) is 5.41 Å². The molecule has 55 heavy (non-hydrogen) atoms. The van der Waals surface area contributed by atoms with Crippen molar-refractivity contribution in [1.29, 1.82) is 0 Å². The predicted molar refractivity (Wildman–Crippen MR) is 221 cm³/mol. The van der Waals surface area contributed by atoms with Crippen LogP contribution in [0.25, 0.3) is 95.4 Å². The lowest BCUT2D eigenvalue weighted by atomic mass is 9.81. The monoisotopic (exact) mass is 707 g/mol. The quantitative estimate of drug-likeness (QED) is 0.178. The minimum absolute atomic E-state index is 0.291. The minimum atomic E-state index is -0.291. The summed E-state index contributed by atoms with van der Waals surface area (Å²) >= 11 is 0. The highest BCUT2D eigenvalue weighted by atomic mass is 16.3. The van der Waals surface area contributed by atoms with Crippen LogP contribution in [0.3, 0.4) is 0 Å². The van der Waals surface area contributed by atoms with Crippen molar-refractivity contribution in [2.45, 2.75) is 19.3 Å². The van der Waals surface area contributed by atoms with Crippen LogP contribution in [0, 0.1) is 0 Å². The molecule has 0 fully saturated rings. The zero-order valence-electron chi connectivity index (χ0n) is 30.2. The minimum Gasteiger partial charge on any atom is -0.456 e. The Hall–Kier alpha value is -7.18. The van der Waals surface area contributed by atoms with Crippen LogP contribution >= 0.6 is 0 Å². The number of aromatic nitrogens is 5. The van der Waals surface area contributed by atoms with Crippen LogP contribution in [0.4, 0.5) is 0 Å². The summed E-state index contributed by atoms with van der Waals surface area (Å²) in [4.78, 5) is 20.2. The molecule has 0 bridgehead atoms. The number of fused-ring (bicyclic) bond motifs is 7. The highest BCUT2D eigenvalue weighted by Crippen LogP contribution is 2.51. The van der Waals surface area contributed by atoms with Gasteiger partial charge in [0.15, 0.2) is 17.5 Å². The first-order valence-corrected chi connectivity index (χ1v) is 18.6. The molecule has 0 N–H and O–H groups in total. The average molecular weight is 708 g/mol. The van der Waals surface area contributed by atoms with Crippen LogP contribution in [-0.4, -0.2) is 24.3 Å². The highest BCUT2D eigenvalue weighted by Gasteiger charge is 2.36. The number of hydrogen-bond donors (Lipinski definition) is 0. The maximum Gasteiger partial charge on any atom is 0.164 e. The molecule has 4 aromatic heterocycles. The van der Waals surface area contributed by atoms with E-state index in [1.54, 1.807) is 0 Å². The summed E-state index contributed by atoms with van der Waals surface area (Å²) in [5, 5.41) is 2.23. The third-order valence-corrected chi connectivity index (χ3v) is 11.1. The molecule has 0 spiro atoms. The van der Waals surface area contributed by atoms with E-state index >= 15 is 0 Å². The number of rotatable bonds is 5. The van der Waals surface area contributed by atoms with Gasteiger partial charge in [-0.1, -0.05) is 129 Å². The Bertz CT molecular complexity index is 3070. The van der Waals surface area contributed by atoms with Crippen molar-refractivity contribution in [3.05, 3.63) is 175 Å². The molecular weight excluding hydrogens is 675 g/mol. The van der Waals surface area contributed by atoms with Gasteiger partial charge in [0.25, 0.3) is 0 Å². The summed E-state index contributed by atoms with van der Waals surface area (Å²) in [5.41, 5.74) is 14.3. The lowest BCUT2D eigenvalue weighted by molar-refractivity contribution is 0.660. The second-order valence-electron chi connectivity index (χ2n) is 14.7. The van der Waals surface area contributed by atoms with Crippen LogP contribution < -0.4 is 0 Å². The smallest absolute Gasteiger partial charge is 0.164 e. The SMILES string of the molecule is CC1(C)c2cc(-c3nc(-c4ccccc4)nc(-c4ccccc4)n3)ccc2-c2ccc(-c3nc4ccccn4c3-c3ccc4c(c3)oc3ccccc34)cc21. The molecule has 0 unspecified atom stereocenters. The van der Waals surface area contributed by atoms with Crippen molar-refractivity contribution in [2.75, 3.05) is 0 Å². The molecule has 0 amide bonds. The fraction of sp³-hybridized carbons (Fsp3) is 0.0612. The molecule has 6 heteroatoms. The van der Waals surface area contributed by atoms with Crippen molar-refractivity contribution in [1.82, 2.24) is 24.3 Å². The van der Waals surface area contributed by atoms with E-state index < -0.39 is 0 Å². The van der Waals surface area contributed by atoms with Gasteiger partial charge in [-0.25, -0.2) is 19.9 Å². The summed E-state index contributed by atoms with van der Waals surface area (Å²) < 4.78 is 8.51. The van der Waals surface area contributed by atoms with Gasteiger partial charge in [0, 0.05) is 50.2 Å². The van der Waals surface area contributed by atoms with E-state index in [2.05, 4.69) is 103 Å². The number of furan rings is 1. The van der Waals surface area contributed by atoms with E-state index in [-0.39, 0.29) is 5.41 Å². The van der Waals surface area contributed by atoms with E-state index in [4.69, 9.17) is 24.4 Å². The summed E-state index contributed by atoms with van der Waals surface area (Å²) in [5.74, 6) is 1.96. The van der Waals surface area contributed by atoms with Gasteiger partial charge in [0.2, 0.25) is 0 Å². The molecule has 0 radical (unpaired) electrons. The Morgan fingerprint density at radius 2 is 1.02 bits per heavy atom. The average Bonchev–Trinajstić information content (AvgIpc) is 3.88. The Labute approximate surface area is 317 Å². The van der Waals surface area contributed by atoms with E-state index in [0.717, 1.165) is 66.8 Å². The van der Waals surface area contributed by atoms with Gasteiger partial charge in [0.1, 0.15) is 16.8 Å². The molecule has 4 heterocycles. The fourth-order valence-electron chi connectivity index (χ4n) is 8.31. The van der Waals surface area contributed by atoms with Gasteiger partial charge >= 0.3 is 0 Å². The largest absolute Gasteiger partial charge is 0.456 e. The molecular formula is C49H33N5O. The summed E-state index contributed by atoms with van der Waals surface area (Å²) in [7, 11) is 0. The van der Waals surface area contributed by atoms with Crippen LogP contribution in [0.5, 0.6) is 0 Å². The second-order valence-corrected chi connectivity index (χ2v) is 14.7.